The number of hydrogen-bond donors (Lipinski definition) is 2. The summed E-state index contributed by atoms with van der Waals surface area (Å²) in [7, 11) is -3.67. The van der Waals surface area contributed by atoms with Gasteiger partial charge < -0.3 is 10.1 Å². The molecule has 1 aliphatic rings. The molecule has 2 aromatic carbocycles. The summed E-state index contributed by atoms with van der Waals surface area (Å²) in [4.78, 5) is 28.2. The van der Waals surface area contributed by atoms with Gasteiger partial charge in [0.25, 0.3) is 15.9 Å². The number of sulfonamides is 1. The highest BCUT2D eigenvalue weighted by molar-refractivity contribution is 7.90. The van der Waals surface area contributed by atoms with Gasteiger partial charge in [-0.3, -0.25) is 19.3 Å². The molecule has 152 valence electrons. The van der Waals surface area contributed by atoms with Crippen LogP contribution in [0.5, 0.6) is 0 Å². The molecule has 0 aliphatic carbocycles. The number of carbonyl (C=O) groups excluding carboxylic acids is 2. The van der Waals surface area contributed by atoms with E-state index in [2.05, 4.69) is 15.0 Å². The minimum Gasteiger partial charge on any atom is -0.454 e. The number of amides is 1. The van der Waals surface area contributed by atoms with Gasteiger partial charge in [-0.15, -0.1) is 0 Å². The fourth-order valence-electron chi connectivity index (χ4n) is 2.96. The first-order valence-electron chi connectivity index (χ1n) is 9.02. The number of aryl methyl sites for hydroxylation is 2. The van der Waals surface area contributed by atoms with E-state index in [1.54, 1.807) is 18.2 Å². The Balaban J connectivity index is 1.57. The first kappa shape index (κ1) is 20.5. The highest BCUT2D eigenvalue weighted by Crippen LogP contribution is 2.22. The van der Waals surface area contributed by atoms with Gasteiger partial charge in [-0.2, -0.15) is 0 Å². The Labute approximate surface area is 169 Å². The Morgan fingerprint density at radius 1 is 1.14 bits per heavy atom. The van der Waals surface area contributed by atoms with Gasteiger partial charge in [0.2, 0.25) is 0 Å². The first-order valence-corrected chi connectivity index (χ1v) is 10.5. The summed E-state index contributed by atoms with van der Waals surface area (Å²) in [5, 5.41) is 2.76. The second-order valence-corrected chi connectivity index (χ2v) is 8.09. The molecular weight excluding hydrogens is 394 g/mol. The number of fused-ring (bicyclic) bond motifs is 1. The summed E-state index contributed by atoms with van der Waals surface area (Å²) in [6.45, 7) is 3.00. The summed E-state index contributed by atoms with van der Waals surface area (Å²) < 4.78 is 31.3. The van der Waals surface area contributed by atoms with Gasteiger partial charge >= 0.3 is 5.97 Å². The zero-order valence-corrected chi connectivity index (χ0v) is 16.9. The number of nitrogens with one attached hydrogen (secondary N) is 2. The molecule has 8 nitrogen and oxygen atoms in total. The fourth-order valence-corrected chi connectivity index (χ4v) is 4.22. The standard InChI is InChI=1S/C20H21N3O5S/c1-3-14-8-6-7-13(2)19(14)22-17(24)12-28-18(25)11-21-20-15-9-4-5-10-16(15)29(26,27)23-20/h4-10H,3,11-12H2,1-2H3,(H,21,23)(H,22,24). The Hall–Kier alpha value is -3.20. The molecule has 0 saturated heterocycles. The van der Waals surface area contributed by atoms with Crippen molar-refractivity contribution in [1.82, 2.24) is 4.72 Å². The predicted molar refractivity (Wildman–Crippen MR) is 108 cm³/mol. The number of amidine groups is 1. The van der Waals surface area contributed by atoms with E-state index in [0.717, 1.165) is 17.5 Å². The molecule has 9 heteroatoms. The molecule has 0 aromatic heterocycles. The monoisotopic (exact) mass is 415 g/mol. The maximum Gasteiger partial charge on any atom is 0.328 e. The second-order valence-electron chi connectivity index (χ2n) is 6.44. The van der Waals surface area contributed by atoms with E-state index in [1.165, 1.54) is 6.07 Å². The van der Waals surface area contributed by atoms with E-state index in [9.17, 15) is 18.0 Å². The zero-order chi connectivity index (χ0) is 21.0. The van der Waals surface area contributed by atoms with Crippen molar-refractivity contribution in [3.05, 3.63) is 59.2 Å². The van der Waals surface area contributed by atoms with Crippen molar-refractivity contribution in [2.24, 2.45) is 4.99 Å². The van der Waals surface area contributed by atoms with Crippen molar-refractivity contribution >= 4 is 33.4 Å². The number of hydrogen-bond acceptors (Lipinski definition) is 6. The van der Waals surface area contributed by atoms with Crippen LogP contribution < -0.4 is 10.0 Å². The topological polar surface area (TPSA) is 114 Å². The van der Waals surface area contributed by atoms with E-state index in [-0.39, 0.29) is 10.7 Å². The number of anilines is 1. The van der Waals surface area contributed by atoms with Gasteiger partial charge in [-0.05, 0) is 36.6 Å². The summed E-state index contributed by atoms with van der Waals surface area (Å²) >= 11 is 0. The van der Waals surface area contributed by atoms with Crippen molar-refractivity contribution in [2.45, 2.75) is 25.2 Å². The lowest BCUT2D eigenvalue weighted by atomic mass is 10.1. The quantitative estimate of drug-likeness (QED) is 0.698. The van der Waals surface area contributed by atoms with Crippen LogP contribution in [0.3, 0.4) is 0 Å². The number of esters is 1. The molecule has 0 spiro atoms. The van der Waals surface area contributed by atoms with E-state index >= 15 is 0 Å². The Morgan fingerprint density at radius 3 is 2.66 bits per heavy atom. The minimum atomic E-state index is -3.67. The molecule has 2 aromatic rings. The van der Waals surface area contributed by atoms with Crippen LogP contribution in [0, 0.1) is 6.92 Å². The van der Waals surface area contributed by atoms with Crippen LogP contribution in [0.15, 0.2) is 52.4 Å². The van der Waals surface area contributed by atoms with E-state index < -0.39 is 35.1 Å². The molecule has 1 heterocycles. The number of rotatable bonds is 6. The smallest absolute Gasteiger partial charge is 0.328 e. The molecule has 2 N–H and O–H groups in total. The average molecular weight is 415 g/mol. The van der Waals surface area contributed by atoms with Gasteiger partial charge in [0.05, 0.1) is 4.90 Å². The van der Waals surface area contributed by atoms with Gasteiger partial charge in [0, 0.05) is 11.3 Å². The minimum absolute atomic E-state index is 0.0782. The highest BCUT2D eigenvalue weighted by Gasteiger charge is 2.30. The lowest BCUT2D eigenvalue weighted by molar-refractivity contribution is -0.145. The maximum absolute atomic E-state index is 12.1. The van der Waals surface area contributed by atoms with E-state index in [0.29, 0.717) is 11.3 Å². The van der Waals surface area contributed by atoms with Crippen LogP contribution >= 0.6 is 0 Å². The first-order chi connectivity index (χ1) is 13.8. The molecule has 0 saturated carbocycles. The number of benzene rings is 2. The molecule has 1 aliphatic heterocycles. The SMILES string of the molecule is CCc1cccc(C)c1NC(=O)COC(=O)CN=C1NS(=O)(=O)c2ccccc21. The fraction of sp³-hybridized carbons (Fsp3) is 0.250. The Kier molecular flexibility index (Phi) is 5.97. The number of nitrogens with zero attached hydrogens (tertiary/aromatic N) is 1. The van der Waals surface area contributed by atoms with E-state index in [1.807, 2.05) is 32.0 Å². The normalized spacial score (nSPS) is 15.4. The second kappa shape index (κ2) is 8.44. The molecule has 0 fully saturated rings. The molecule has 0 unspecified atom stereocenters. The summed E-state index contributed by atoms with van der Waals surface area (Å²) in [5.74, 6) is -1.12. The van der Waals surface area contributed by atoms with Crippen LogP contribution in [0.1, 0.15) is 23.6 Å². The zero-order valence-electron chi connectivity index (χ0n) is 16.1. The van der Waals surface area contributed by atoms with Crippen LogP contribution in [0.4, 0.5) is 5.69 Å². The third-order valence-electron chi connectivity index (χ3n) is 4.40. The van der Waals surface area contributed by atoms with Gasteiger partial charge in [0.1, 0.15) is 12.4 Å². The maximum atomic E-state index is 12.1. The summed E-state index contributed by atoms with van der Waals surface area (Å²) in [5.41, 5.74) is 3.02. The van der Waals surface area contributed by atoms with Crippen LogP contribution in [-0.2, 0) is 30.8 Å². The van der Waals surface area contributed by atoms with Crippen LogP contribution in [0.2, 0.25) is 0 Å². The third kappa shape index (κ3) is 4.62. The highest BCUT2D eigenvalue weighted by atomic mass is 32.2. The van der Waals surface area contributed by atoms with Crippen molar-refractivity contribution in [2.75, 3.05) is 18.5 Å². The van der Waals surface area contributed by atoms with Crippen molar-refractivity contribution < 1.29 is 22.7 Å². The van der Waals surface area contributed by atoms with Crippen LogP contribution in [0.25, 0.3) is 0 Å². The van der Waals surface area contributed by atoms with Gasteiger partial charge in [-0.1, -0.05) is 37.3 Å². The number of para-hydroxylation sites is 1. The molecule has 1 amide bonds. The van der Waals surface area contributed by atoms with Crippen molar-refractivity contribution in [3.63, 3.8) is 0 Å². The summed E-state index contributed by atoms with van der Waals surface area (Å²) in [6.07, 6.45) is 0.756. The molecule has 3 rings (SSSR count). The molecular formula is C20H21N3O5S. The number of ether oxygens (including phenoxy) is 1. The Bertz CT molecular complexity index is 1090. The predicted octanol–water partition coefficient (Wildman–Crippen LogP) is 1.78. The van der Waals surface area contributed by atoms with Crippen molar-refractivity contribution in [1.29, 1.82) is 0 Å². The molecule has 0 atom stereocenters. The van der Waals surface area contributed by atoms with Crippen LogP contribution in [-0.4, -0.2) is 39.3 Å². The lowest BCUT2D eigenvalue weighted by Crippen LogP contribution is -2.25. The Morgan fingerprint density at radius 2 is 1.90 bits per heavy atom. The van der Waals surface area contributed by atoms with Gasteiger partial charge in [-0.25, -0.2) is 8.42 Å². The largest absolute Gasteiger partial charge is 0.454 e. The molecule has 0 bridgehead atoms. The summed E-state index contributed by atoms with van der Waals surface area (Å²) in [6, 6.07) is 12.1. The number of carbonyl (C=O) groups is 2. The lowest BCUT2D eigenvalue weighted by Gasteiger charge is -2.12. The molecule has 0 radical (unpaired) electrons. The van der Waals surface area contributed by atoms with Crippen molar-refractivity contribution in [3.8, 4) is 0 Å². The average Bonchev–Trinajstić information content (AvgIpc) is 2.97. The number of aliphatic imine (C=N–C) groups is 1. The van der Waals surface area contributed by atoms with Gasteiger partial charge in [0.15, 0.2) is 6.61 Å². The third-order valence-corrected chi connectivity index (χ3v) is 5.79. The molecule has 29 heavy (non-hydrogen) atoms. The van der Waals surface area contributed by atoms with E-state index in [4.69, 9.17) is 4.74 Å².